The third-order valence-corrected chi connectivity index (χ3v) is 2.81. The van der Waals surface area contributed by atoms with Gasteiger partial charge in [-0.05, 0) is 12.5 Å². The van der Waals surface area contributed by atoms with Crippen molar-refractivity contribution in [1.82, 2.24) is 0 Å². The van der Waals surface area contributed by atoms with Gasteiger partial charge in [0.2, 0.25) is 0 Å². The summed E-state index contributed by atoms with van der Waals surface area (Å²) in [5, 5.41) is 10.8. The molecule has 1 N–H and O–H groups in total. The monoisotopic (exact) mass is 248 g/mol. The number of halogens is 2. The number of methoxy groups -OCH3 is 1. The molecule has 0 aliphatic carbocycles. The van der Waals surface area contributed by atoms with Gasteiger partial charge in [-0.25, -0.2) is 0 Å². The highest BCUT2D eigenvalue weighted by molar-refractivity contribution is 6.34. The van der Waals surface area contributed by atoms with Crippen LogP contribution in [0.25, 0.3) is 0 Å². The minimum atomic E-state index is -0.564. The zero-order valence-corrected chi connectivity index (χ0v) is 10.3. The average molecular weight is 249 g/mol. The van der Waals surface area contributed by atoms with Gasteiger partial charge in [-0.3, -0.25) is 0 Å². The topological polar surface area (TPSA) is 29.5 Å². The van der Waals surface area contributed by atoms with E-state index in [0.29, 0.717) is 27.8 Å². The normalized spacial score (nSPS) is 12.6. The lowest BCUT2D eigenvalue weighted by Gasteiger charge is -2.13. The minimum Gasteiger partial charge on any atom is -0.495 e. The van der Waals surface area contributed by atoms with Gasteiger partial charge in [0.15, 0.2) is 0 Å². The van der Waals surface area contributed by atoms with Crippen molar-refractivity contribution in [3.05, 3.63) is 27.7 Å². The highest BCUT2D eigenvalue weighted by Crippen LogP contribution is 2.35. The van der Waals surface area contributed by atoms with Gasteiger partial charge >= 0.3 is 0 Å². The third kappa shape index (κ3) is 3.00. The van der Waals surface area contributed by atoms with E-state index in [1.165, 1.54) is 7.11 Å². The number of hydrogen-bond donors (Lipinski definition) is 1. The quantitative estimate of drug-likeness (QED) is 0.878. The largest absolute Gasteiger partial charge is 0.495 e. The molecule has 2 nitrogen and oxygen atoms in total. The second-order valence-corrected chi connectivity index (χ2v) is 4.13. The first-order chi connectivity index (χ1) is 7.10. The molecule has 0 spiro atoms. The summed E-state index contributed by atoms with van der Waals surface area (Å²) < 4.78 is 5.02. The molecule has 0 radical (unpaired) electrons. The summed E-state index contributed by atoms with van der Waals surface area (Å²) in [4.78, 5) is 0. The van der Waals surface area contributed by atoms with Gasteiger partial charge in [0.25, 0.3) is 0 Å². The minimum absolute atomic E-state index is 0.465. The number of rotatable bonds is 4. The summed E-state index contributed by atoms with van der Waals surface area (Å²) in [6, 6.07) is 3.28. The Morgan fingerprint density at radius 2 is 2.00 bits per heavy atom. The molecule has 1 aromatic carbocycles. The maximum absolute atomic E-state index is 9.81. The van der Waals surface area contributed by atoms with Crippen molar-refractivity contribution in [2.24, 2.45) is 0 Å². The van der Waals surface area contributed by atoms with Crippen molar-refractivity contribution in [1.29, 1.82) is 0 Å². The third-order valence-electron chi connectivity index (χ3n) is 2.19. The second kappa shape index (κ2) is 5.59. The fourth-order valence-electron chi connectivity index (χ4n) is 1.38. The van der Waals surface area contributed by atoms with E-state index in [1.54, 1.807) is 12.1 Å². The van der Waals surface area contributed by atoms with Gasteiger partial charge in [0, 0.05) is 11.6 Å². The van der Waals surface area contributed by atoms with Crippen LogP contribution in [0.1, 0.15) is 31.4 Å². The highest BCUT2D eigenvalue weighted by Gasteiger charge is 2.14. The summed E-state index contributed by atoms with van der Waals surface area (Å²) in [5.74, 6) is 0.522. The molecule has 0 saturated carbocycles. The highest BCUT2D eigenvalue weighted by atomic mass is 35.5. The Kier molecular flexibility index (Phi) is 4.71. The lowest BCUT2D eigenvalue weighted by atomic mass is 10.1. The molecular weight excluding hydrogens is 235 g/mol. The molecule has 1 aromatic rings. The molecule has 0 amide bonds. The van der Waals surface area contributed by atoms with E-state index in [0.717, 1.165) is 6.42 Å². The predicted molar refractivity (Wildman–Crippen MR) is 62.9 cm³/mol. The fraction of sp³-hybridized carbons (Fsp3) is 0.455. The summed E-state index contributed by atoms with van der Waals surface area (Å²) in [6.07, 6.45) is 0.995. The summed E-state index contributed by atoms with van der Waals surface area (Å²) in [6.45, 7) is 2.00. The van der Waals surface area contributed by atoms with Crippen LogP contribution in [0.15, 0.2) is 12.1 Å². The van der Waals surface area contributed by atoms with Gasteiger partial charge in [0.05, 0.1) is 23.3 Å². The maximum Gasteiger partial charge on any atom is 0.138 e. The lowest BCUT2D eigenvalue weighted by molar-refractivity contribution is 0.166. The predicted octanol–water partition coefficient (Wildman–Crippen LogP) is 3.84. The van der Waals surface area contributed by atoms with E-state index < -0.39 is 6.10 Å². The molecule has 0 saturated heterocycles. The van der Waals surface area contributed by atoms with Crippen molar-refractivity contribution in [3.8, 4) is 5.75 Å². The summed E-state index contributed by atoms with van der Waals surface area (Å²) >= 11 is 12.0. The van der Waals surface area contributed by atoms with E-state index >= 15 is 0 Å². The number of ether oxygens (including phenoxy) is 1. The summed E-state index contributed by atoms with van der Waals surface area (Å²) in [5.41, 5.74) is 0.657. The smallest absolute Gasteiger partial charge is 0.138 e. The Balaban J connectivity index is 3.04. The molecule has 0 aromatic heterocycles. The molecule has 0 bridgehead atoms. The van der Waals surface area contributed by atoms with Crippen LogP contribution in [0.4, 0.5) is 0 Å². The fourth-order valence-corrected chi connectivity index (χ4v) is 1.91. The van der Waals surface area contributed by atoms with Crippen molar-refractivity contribution >= 4 is 23.2 Å². The standard InChI is InChI=1S/C11H14Cl2O2/c1-3-4-10(14)7-5-9(13)11(15-2)6-8(7)12/h5-6,10,14H,3-4H2,1-2H3. The first-order valence-electron chi connectivity index (χ1n) is 4.81. The molecule has 0 fully saturated rings. The van der Waals surface area contributed by atoms with E-state index in [4.69, 9.17) is 27.9 Å². The van der Waals surface area contributed by atoms with E-state index in [2.05, 4.69) is 0 Å². The molecule has 84 valence electrons. The molecule has 0 aliphatic heterocycles. The number of aliphatic hydroxyl groups is 1. The molecule has 1 rings (SSSR count). The van der Waals surface area contributed by atoms with Crippen molar-refractivity contribution in [3.63, 3.8) is 0 Å². The first-order valence-corrected chi connectivity index (χ1v) is 5.56. The van der Waals surface area contributed by atoms with E-state index in [1.807, 2.05) is 6.92 Å². The number of hydrogen-bond acceptors (Lipinski definition) is 2. The van der Waals surface area contributed by atoms with Crippen LogP contribution < -0.4 is 4.74 Å². The Bertz CT molecular complexity index is 340. The molecule has 15 heavy (non-hydrogen) atoms. The van der Waals surface area contributed by atoms with Crippen LogP contribution in [-0.2, 0) is 0 Å². The van der Waals surface area contributed by atoms with Crippen LogP contribution in [0, 0.1) is 0 Å². The lowest BCUT2D eigenvalue weighted by Crippen LogP contribution is -1.98. The molecule has 4 heteroatoms. The van der Waals surface area contributed by atoms with Crippen LogP contribution in [-0.4, -0.2) is 12.2 Å². The molecule has 0 heterocycles. The average Bonchev–Trinajstić information content (AvgIpc) is 2.21. The first kappa shape index (κ1) is 12.6. The van der Waals surface area contributed by atoms with Crippen LogP contribution in [0.3, 0.4) is 0 Å². The van der Waals surface area contributed by atoms with E-state index in [9.17, 15) is 5.11 Å². The Morgan fingerprint density at radius 3 is 2.53 bits per heavy atom. The Labute approximate surface area is 99.8 Å². The van der Waals surface area contributed by atoms with Crippen molar-refractivity contribution < 1.29 is 9.84 Å². The summed E-state index contributed by atoms with van der Waals surface area (Å²) in [7, 11) is 1.53. The van der Waals surface area contributed by atoms with Gasteiger partial charge < -0.3 is 9.84 Å². The van der Waals surface area contributed by atoms with Crippen molar-refractivity contribution in [2.75, 3.05) is 7.11 Å². The SMILES string of the molecule is CCCC(O)c1cc(Cl)c(OC)cc1Cl. The zero-order valence-electron chi connectivity index (χ0n) is 8.76. The van der Waals surface area contributed by atoms with Gasteiger partial charge in [-0.1, -0.05) is 36.5 Å². The molecule has 1 unspecified atom stereocenters. The molecule has 0 aliphatic rings. The Morgan fingerprint density at radius 1 is 1.33 bits per heavy atom. The maximum atomic E-state index is 9.81. The number of aliphatic hydroxyl groups excluding tert-OH is 1. The van der Waals surface area contributed by atoms with Gasteiger partial charge in [-0.2, -0.15) is 0 Å². The van der Waals surface area contributed by atoms with Gasteiger partial charge in [0.1, 0.15) is 5.75 Å². The van der Waals surface area contributed by atoms with Crippen LogP contribution in [0.2, 0.25) is 10.0 Å². The van der Waals surface area contributed by atoms with Crippen LogP contribution >= 0.6 is 23.2 Å². The molecular formula is C11H14Cl2O2. The molecule has 1 atom stereocenters. The Hall–Kier alpha value is -0.440. The second-order valence-electron chi connectivity index (χ2n) is 3.31. The van der Waals surface area contributed by atoms with Gasteiger partial charge in [-0.15, -0.1) is 0 Å². The zero-order chi connectivity index (χ0) is 11.4. The number of benzene rings is 1. The van der Waals surface area contributed by atoms with Crippen LogP contribution in [0.5, 0.6) is 5.75 Å². The van der Waals surface area contributed by atoms with E-state index in [-0.39, 0.29) is 0 Å². The van der Waals surface area contributed by atoms with Crippen molar-refractivity contribution in [2.45, 2.75) is 25.9 Å².